The number of hydrogen-bond acceptors (Lipinski definition) is 5. The average molecular weight is 484 g/mol. The van der Waals surface area contributed by atoms with Crippen molar-refractivity contribution < 1.29 is 0 Å². The molecule has 0 radical (unpaired) electrons. The van der Waals surface area contributed by atoms with Gasteiger partial charge < -0.3 is 5.32 Å². The molecule has 1 aromatic rings. The minimum atomic E-state index is 0.457. The quantitative estimate of drug-likeness (QED) is 0.0971. The number of rotatable bonds is 18. The maximum atomic E-state index is 5.99. The molecule has 1 aromatic heterocycles. The first-order chi connectivity index (χ1) is 15.1. The Morgan fingerprint density at radius 3 is 1.71 bits per heavy atom. The summed E-state index contributed by atoms with van der Waals surface area (Å²) >= 11 is 9.54. The highest BCUT2D eigenvalue weighted by Gasteiger charge is 2.20. The van der Waals surface area contributed by atoms with Crippen LogP contribution in [0.5, 0.6) is 0 Å². The zero-order chi connectivity index (χ0) is 22.9. The zero-order valence-corrected chi connectivity index (χ0v) is 23.0. The first-order valence-corrected chi connectivity index (χ1v) is 14.9. The van der Waals surface area contributed by atoms with Crippen LogP contribution in [0.2, 0.25) is 0 Å². The van der Waals surface area contributed by atoms with Crippen molar-refractivity contribution >= 4 is 46.4 Å². The second-order valence-electron chi connectivity index (χ2n) is 8.21. The van der Waals surface area contributed by atoms with Crippen LogP contribution in [0.4, 0.5) is 5.69 Å². The molecule has 31 heavy (non-hydrogen) atoms. The van der Waals surface area contributed by atoms with Gasteiger partial charge in [-0.3, -0.25) is 0 Å². The first kappa shape index (κ1) is 28.7. The normalized spacial score (nSPS) is 12.2. The molecule has 0 bridgehead atoms. The summed E-state index contributed by atoms with van der Waals surface area (Å²) in [7, 11) is 0. The summed E-state index contributed by atoms with van der Waals surface area (Å²) in [6.07, 6.45) is 15.6. The van der Waals surface area contributed by atoms with Crippen molar-refractivity contribution in [2.75, 3.05) is 16.8 Å². The smallest absolute Gasteiger partial charge is 0.128 e. The van der Waals surface area contributed by atoms with E-state index in [2.05, 4.69) is 33.0 Å². The Bertz CT molecular complexity index is 595. The third kappa shape index (κ3) is 11.9. The van der Waals surface area contributed by atoms with Gasteiger partial charge >= 0.3 is 0 Å². The van der Waals surface area contributed by atoms with Crippen LogP contribution in [-0.4, -0.2) is 26.5 Å². The number of thiocarbonyl (C=S) groups is 1. The van der Waals surface area contributed by atoms with Crippen LogP contribution in [0.3, 0.4) is 0 Å². The Hall–Kier alpha value is -0.330. The number of nitrogens with zero attached hydrogens (tertiary/aromatic N) is 2. The molecule has 3 nitrogen and oxygen atoms in total. The minimum Gasteiger partial charge on any atom is -0.345 e. The van der Waals surface area contributed by atoms with Gasteiger partial charge in [0.05, 0.1) is 4.99 Å². The lowest BCUT2D eigenvalue weighted by Gasteiger charge is -2.22. The van der Waals surface area contributed by atoms with E-state index in [0.29, 0.717) is 5.92 Å². The summed E-state index contributed by atoms with van der Waals surface area (Å²) in [6, 6.07) is 0. The molecule has 1 rings (SSSR count). The van der Waals surface area contributed by atoms with Gasteiger partial charge in [0.15, 0.2) is 0 Å². The monoisotopic (exact) mass is 483 g/mol. The average Bonchev–Trinajstić information content (AvgIpc) is 2.74. The second-order valence-corrected chi connectivity index (χ2v) is 11.2. The molecule has 0 amide bonds. The molecule has 0 aliphatic carbocycles. The van der Waals surface area contributed by atoms with E-state index in [-0.39, 0.29) is 0 Å². The molecule has 1 N–H and O–H groups in total. The van der Waals surface area contributed by atoms with Crippen molar-refractivity contribution in [3.63, 3.8) is 0 Å². The van der Waals surface area contributed by atoms with Crippen molar-refractivity contribution in [3.05, 3.63) is 5.82 Å². The Morgan fingerprint density at radius 2 is 1.23 bits per heavy atom. The van der Waals surface area contributed by atoms with E-state index >= 15 is 0 Å². The van der Waals surface area contributed by atoms with E-state index in [1.54, 1.807) is 23.5 Å². The van der Waals surface area contributed by atoms with E-state index in [0.717, 1.165) is 38.1 Å². The summed E-state index contributed by atoms with van der Waals surface area (Å²) in [6.45, 7) is 10.9. The summed E-state index contributed by atoms with van der Waals surface area (Å²) in [4.78, 5) is 10.4. The van der Waals surface area contributed by atoms with E-state index < -0.39 is 0 Å². The van der Waals surface area contributed by atoms with Gasteiger partial charge in [-0.1, -0.05) is 104 Å². The Morgan fingerprint density at radius 1 is 0.774 bits per heavy atom. The lowest BCUT2D eigenvalue weighted by molar-refractivity contribution is 0.491. The zero-order valence-electron chi connectivity index (χ0n) is 20.6. The lowest BCUT2D eigenvalue weighted by atomic mass is 9.94. The van der Waals surface area contributed by atoms with Crippen molar-refractivity contribution in [1.29, 1.82) is 0 Å². The fourth-order valence-corrected chi connectivity index (χ4v) is 5.66. The van der Waals surface area contributed by atoms with Crippen LogP contribution in [-0.2, 0) is 0 Å². The van der Waals surface area contributed by atoms with Crippen LogP contribution < -0.4 is 5.32 Å². The predicted molar refractivity (Wildman–Crippen MR) is 146 cm³/mol. The standard InChI is InChI=1S/C25H45N3S3/c1-6-10-12-14-15-17-19-21(18-16-13-11-7-2)23(29)28-22-24(30-8-3)26-20(5)27-25(22)31-9-4/h21H,6-19H2,1-5H3,(H,28,29). The summed E-state index contributed by atoms with van der Waals surface area (Å²) in [5.41, 5.74) is 1.04. The van der Waals surface area contributed by atoms with Crippen molar-refractivity contribution in [2.24, 2.45) is 5.92 Å². The highest BCUT2D eigenvalue weighted by molar-refractivity contribution is 8.00. The fourth-order valence-electron chi connectivity index (χ4n) is 3.73. The van der Waals surface area contributed by atoms with Crippen LogP contribution in [0.1, 0.15) is 111 Å². The molecule has 0 saturated carbocycles. The van der Waals surface area contributed by atoms with E-state index in [9.17, 15) is 0 Å². The van der Waals surface area contributed by atoms with Gasteiger partial charge in [0.1, 0.15) is 21.6 Å². The van der Waals surface area contributed by atoms with Gasteiger partial charge in [0.2, 0.25) is 0 Å². The van der Waals surface area contributed by atoms with Gasteiger partial charge in [-0.25, -0.2) is 9.97 Å². The molecule has 0 aromatic carbocycles. The topological polar surface area (TPSA) is 37.8 Å². The fraction of sp³-hybridized carbons (Fsp3) is 0.800. The lowest BCUT2D eigenvalue weighted by Crippen LogP contribution is -2.22. The highest BCUT2D eigenvalue weighted by Crippen LogP contribution is 2.34. The van der Waals surface area contributed by atoms with Crippen LogP contribution in [0, 0.1) is 12.8 Å². The van der Waals surface area contributed by atoms with Crippen molar-refractivity contribution in [1.82, 2.24) is 9.97 Å². The molecule has 1 unspecified atom stereocenters. The SMILES string of the molecule is CCCCCCCCC(CCCCCC)C(=S)Nc1c(SCC)nc(C)nc1SCC. The number of anilines is 1. The second kappa shape index (κ2) is 18.1. The van der Waals surface area contributed by atoms with Crippen molar-refractivity contribution in [2.45, 2.75) is 122 Å². The summed E-state index contributed by atoms with van der Waals surface area (Å²) < 4.78 is 0. The number of aryl methyl sites for hydroxylation is 1. The van der Waals surface area contributed by atoms with E-state index in [4.69, 9.17) is 22.2 Å². The molecule has 6 heteroatoms. The molecular formula is C25H45N3S3. The molecule has 1 atom stereocenters. The Balaban J connectivity index is 2.86. The Labute approximate surface area is 206 Å². The third-order valence-electron chi connectivity index (χ3n) is 5.45. The van der Waals surface area contributed by atoms with Crippen LogP contribution in [0.15, 0.2) is 10.1 Å². The van der Waals surface area contributed by atoms with Gasteiger partial charge in [-0.15, -0.1) is 23.5 Å². The first-order valence-electron chi connectivity index (χ1n) is 12.5. The Kier molecular flexibility index (Phi) is 16.8. The number of nitrogens with one attached hydrogen (secondary N) is 1. The minimum absolute atomic E-state index is 0.457. The molecule has 0 fully saturated rings. The third-order valence-corrected chi connectivity index (χ3v) is 7.60. The van der Waals surface area contributed by atoms with Gasteiger partial charge in [-0.05, 0) is 31.3 Å². The molecule has 0 spiro atoms. The largest absolute Gasteiger partial charge is 0.345 e. The summed E-state index contributed by atoms with van der Waals surface area (Å²) in [5, 5.41) is 5.72. The predicted octanol–water partition coefficient (Wildman–Crippen LogP) is 9.09. The van der Waals surface area contributed by atoms with E-state index in [1.807, 2.05) is 6.92 Å². The number of thioether (sulfide) groups is 2. The maximum Gasteiger partial charge on any atom is 0.128 e. The van der Waals surface area contributed by atoms with Gasteiger partial charge in [0, 0.05) is 5.92 Å². The van der Waals surface area contributed by atoms with Gasteiger partial charge in [0.25, 0.3) is 0 Å². The number of aromatic nitrogens is 2. The van der Waals surface area contributed by atoms with Crippen molar-refractivity contribution in [3.8, 4) is 0 Å². The van der Waals surface area contributed by atoms with Crippen LogP contribution in [0.25, 0.3) is 0 Å². The molecule has 0 aliphatic heterocycles. The highest BCUT2D eigenvalue weighted by atomic mass is 32.2. The molecule has 178 valence electrons. The van der Waals surface area contributed by atoms with E-state index in [1.165, 1.54) is 77.0 Å². The number of hydrogen-bond donors (Lipinski definition) is 1. The maximum absolute atomic E-state index is 5.99. The molecule has 0 aliphatic rings. The van der Waals surface area contributed by atoms with Crippen LogP contribution >= 0.6 is 35.7 Å². The molecular weight excluding hydrogens is 438 g/mol. The molecule has 1 heterocycles. The number of unbranched alkanes of at least 4 members (excludes halogenated alkanes) is 8. The summed E-state index contributed by atoms with van der Waals surface area (Å²) in [5.74, 6) is 3.28. The van der Waals surface area contributed by atoms with Gasteiger partial charge in [-0.2, -0.15) is 0 Å². The molecule has 0 saturated heterocycles.